The summed E-state index contributed by atoms with van der Waals surface area (Å²) in [6, 6.07) is 30.6. The fourth-order valence-electron chi connectivity index (χ4n) is 3.96. The predicted molar refractivity (Wildman–Crippen MR) is 142 cm³/mol. The van der Waals surface area contributed by atoms with Gasteiger partial charge < -0.3 is 18.9 Å². The summed E-state index contributed by atoms with van der Waals surface area (Å²) in [6.45, 7) is 8.05. The molecule has 0 spiro atoms. The molecule has 0 unspecified atom stereocenters. The Balaban J connectivity index is 1.47. The molecule has 1 aliphatic rings. The zero-order valence-corrected chi connectivity index (χ0v) is 21.1. The van der Waals surface area contributed by atoms with Crippen LogP contribution in [-0.4, -0.2) is 36.1 Å². The molecule has 35 heavy (non-hydrogen) atoms. The summed E-state index contributed by atoms with van der Waals surface area (Å²) in [5, 5.41) is 0. The summed E-state index contributed by atoms with van der Waals surface area (Å²) >= 11 is 1.71. The van der Waals surface area contributed by atoms with E-state index in [4.69, 9.17) is 18.9 Å². The largest absolute Gasteiger partial charge is 0.374 e. The number of hydrogen-bond donors (Lipinski definition) is 0. The van der Waals surface area contributed by atoms with Gasteiger partial charge in [0, 0.05) is 5.75 Å². The van der Waals surface area contributed by atoms with Crippen molar-refractivity contribution in [3.8, 4) is 0 Å². The Bertz CT molecular complexity index is 1010. The molecule has 4 rings (SSSR count). The van der Waals surface area contributed by atoms with Crippen molar-refractivity contribution in [2.24, 2.45) is 0 Å². The van der Waals surface area contributed by atoms with Gasteiger partial charge in [-0.25, -0.2) is 0 Å². The first-order valence-electron chi connectivity index (χ1n) is 12.0. The third kappa shape index (κ3) is 8.06. The minimum Gasteiger partial charge on any atom is -0.374 e. The third-order valence-corrected chi connectivity index (χ3v) is 7.09. The molecule has 1 heterocycles. The quantitative estimate of drug-likeness (QED) is 0.259. The lowest BCUT2D eigenvalue weighted by Gasteiger charge is -2.25. The van der Waals surface area contributed by atoms with E-state index in [0.717, 1.165) is 28.0 Å². The van der Waals surface area contributed by atoms with Crippen molar-refractivity contribution in [1.82, 2.24) is 0 Å². The Morgan fingerprint density at radius 3 is 1.74 bits per heavy atom. The Labute approximate surface area is 213 Å². The van der Waals surface area contributed by atoms with E-state index in [1.807, 2.05) is 61.5 Å². The number of thioether (sulfide) groups is 1. The maximum absolute atomic E-state index is 6.50. The van der Waals surface area contributed by atoms with Crippen LogP contribution >= 0.6 is 11.8 Å². The molecule has 1 aliphatic heterocycles. The summed E-state index contributed by atoms with van der Waals surface area (Å²) in [5.74, 6) is 0.804. The zero-order chi connectivity index (χ0) is 24.3. The molecule has 0 aliphatic carbocycles. The van der Waals surface area contributed by atoms with Crippen LogP contribution in [0.5, 0.6) is 0 Å². The molecule has 0 bridgehead atoms. The number of ether oxygens (including phenoxy) is 4. The Morgan fingerprint density at radius 2 is 1.23 bits per heavy atom. The zero-order valence-electron chi connectivity index (χ0n) is 20.3. The number of hydrogen-bond acceptors (Lipinski definition) is 5. The first kappa shape index (κ1) is 25.7. The van der Waals surface area contributed by atoms with Crippen LogP contribution in [0.15, 0.2) is 103 Å². The molecular weight excluding hydrogens is 456 g/mol. The molecule has 0 radical (unpaired) electrons. The second-order valence-corrected chi connectivity index (χ2v) is 9.92. The smallest absolute Gasteiger partial charge is 0.133 e. The van der Waals surface area contributed by atoms with Crippen molar-refractivity contribution < 1.29 is 18.9 Å². The molecule has 3 aromatic carbocycles. The highest BCUT2D eigenvalue weighted by molar-refractivity contribution is 8.00. The van der Waals surface area contributed by atoms with E-state index in [2.05, 4.69) is 43.0 Å². The lowest BCUT2D eigenvalue weighted by Crippen LogP contribution is -2.38. The van der Waals surface area contributed by atoms with Gasteiger partial charge >= 0.3 is 0 Å². The van der Waals surface area contributed by atoms with Crippen LogP contribution in [0.25, 0.3) is 0 Å². The van der Waals surface area contributed by atoms with Crippen LogP contribution in [-0.2, 0) is 38.8 Å². The molecule has 0 N–H and O–H groups in total. The SMILES string of the molecule is C=C(C)CS[C@@H]1O[C@H](COCc2ccccc2)[C@@H](OCc2ccccc2)[C@H]1OCc1ccccc1. The fraction of sp³-hybridized carbons (Fsp3) is 0.333. The Hall–Kier alpha value is -2.41. The van der Waals surface area contributed by atoms with Crippen molar-refractivity contribution in [1.29, 1.82) is 0 Å². The summed E-state index contributed by atoms with van der Waals surface area (Å²) in [6.07, 6.45) is -0.711. The van der Waals surface area contributed by atoms with E-state index in [0.29, 0.717) is 26.4 Å². The summed E-state index contributed by atoms with van der Waals surface area (Å²) in [7, 11) is 0. The van der Waals surface area contributed by atoms with Crippen LogP contribution < -0.4 is 0 Å². The molecule has 0 saturated carbocycles. The van der Waals surface area contributed by atoms with Crippen LogP contribution in [0, 0.1) is 0 Å². The molecule has 3 aromatic rings. The van der Waals surface area contributed by atoms with E-state index in [1.54, 1.807) is 11.8 Å². The summed E-state index contributed by atoms with van der Waals surface area (Å²) in [5.41, 5.74) is 4.32. The molecule has 0 amide bonds. The number of benzene rings is 3. The summed E-state index contributed by atoms with van der Waals surface area (Å²) < 4.78 is 25.5. The lowest BCUT2D eigenvalue weighted by molar-refractivity contribution is -0.0895. The van der Waals surface area contributed by atoms with E-state index in [-0.39, 0.29) is 23.7 Å². The molecule has 5 heteroatoms. The standard InChI is InChI=1S/C30H34O4S/c1-23(2)22-35-30-29(33-20-26-16-10-5-11-17-26)28(32-19-25-14-8-4-9-15-25)27(34-30)21-31-18-24-12-6-3-7-13-24/h3-17,27-30H,1,18-22H2,2H3/t27-,28-,29-,30+/m1/s1. The van der Waals surface area contributed by atoms with Crippen LogP contribution in [0.4, 0.5) is 0 Å². The second kappa shape index (κ2) is 13.6. The first-order valence-corrected chi connectivity index (χ1v) is 13.1. The van der Waals surface area contributed by atoms with Gasteiger partial charge in [-0.05, 0) is 23.6 Å². The normalized spacial score (nSPS) is 21.7. The molecule has 4 nitrogen and oxygen atoms in total. The minimum atomic E-state index is -0.252. The van der Waals surface area contributed by atoms with Crippen molar-refractivity contribution >= 4 is 11.8 Å². The van der Waals surface area contributed by atoms with E-state index in [1.165, 1.54) is 0 Å². The highest BCUT2D eigenvalue weighted by atomic mass is 32.2. The number of rotatable bonds is 13. The molecule has 1 fully saturated rings. The minimum absolute atomic E-state index is 0.165. The molecular formula is C30H34O4S. The van der Waals surface area contributed by atoms with Crippen molar-refractivity contribution in [3.05, 3.63) is 120 Å². The van der Waals surface area contributed by atoms with Crippen LogP contribution in [0.1, 0.15) is 23.6 Å². The van der Waals surface area contributed by atoms with Gasteiger partial charge in [0.15, 0.2) is 0 Å². The average Bonchev–Trinajstić information content (AvgIpc) is 3.23. The van der Waals surface area contributed by atoms with Gasteiger partial charge in [-0.1, -0.05) is 103 Å². The van der Waals surface area contributed by atoms with Crippen molar-refractivity contribution in [2.75, 3.05) is 12.4 Å². The average molecular weight is 491 g/mol. The molecule has 0 aromatic heterocycles. The van der Waals surface area contributed by atoms with Gasteiger partial charge in [-0.15, -0.1) is 11.8 Å². The Kier molecular flexibility index (Phi) is 9.99. The highest BCUT2D eigenvalue weighted by Gasteiger charge is 2.46. The maximum atomic E-state index is 6.50. The van der Waals surface area contributed by atoms with Gasteiger partial charge in [0.1, 0.15) is 23.7 Å². The van der Waals surface area contributed by atoms with Crippen LogP contribution in [0.3, 0.4) is 0 Å². The lowest BCUT2D eigenvalue weighted by atomic mass is 10.1. The summed E-state index contributed by atoms with van der Waals surface area (Å²) in [4.78, 5) is 0. The molecule has 4 atom stereocenters. The van der Waals surface area contributed by atoms with E-state index < -0.39 is 0 Å². The Morgan fingerprint density at radius 1 is 0.743 bits per heavy atom. The fourth-order valence-corrected chi connectivity index (χ4v) is 5.06. The monoisotopic (exact) mass is 490 g/mol. The van der Waals surface area contributed by atoms with E-state index >= 15 is 0 Å². The van der Waals surface area contributed by atoms with Crippen LogP contribution in [0.2, 0.25) is 0 Å². The highest BCUT2D eigenvalue weighted by Crippen LogP contribution is 2.35. The third-order valence-electron chi connectivity index (χ3n) is 5.73. The topological polar surface area (TPSA) is 36.9 Å². The van der Waals surface area contributed by atoms with Gasteiger partial charge in [0.05, 0.1) is 26.4 Å². The van der Waals surface area contributed by atoms with Gasteiger partial charge in [0.2, 0.25) is 0 Å². The van der Waals surface area contributed by atoms with Crippen molar-refractivity contribution in [3.63, 3.8) is 0 Å². The first-order chi connectivity index (χ1) is 17.2. The van der Waals surface area contributed by atoms with Gasteiger partial charge in [-0.2, -0.15) is 0 Å². The van der Waals surface area contributed by atoms with Gasteiger partial charge in [-0.3, -0.25) is 0 Å². The maximum Gasteiger partial charge on any atom is 0.133 e. The second-order valence-electron chi connectivity index (χ2n) is 8.83. The predicted octanol–water partition coefficient (Wildman–Crippen LogP) is 6.41. The molecule has 184 valence electrons. The van der Waals surface area contributed by atoms with Gasteiger partial charge in [0.25, 0.3) is 0 Å². The van der Waals surface area contributed by atoms with Crippen molar-refractivity contribution in [2.45, 2.75) is 50.5 Å². The van der Waals surface area contributed by atoms with E-state index in [9.17, 15) is 0 Å². The molecule has 1 saturated heterocycles.